The average Bonchev–Trinajstić information content (AvgIpc) is 2.28. The summed E-state index contributed by atoms with van der Waals surface area (Å²) < 4.78 is 0. The Balaban J connectivity index is 3.21. The maximum Gasteiger partial charge on any atom is 0.229 e. The predicted molar refractivity (Wildman–Crippen MR) is 61.4 cm³/mol. The maximum absolute atomic E-state index is 11.2. The number of rotatable bonds is 3. The molecule has 0 unspecified atom stereocenters. The zero-order valence-corrected chi connectivity index (χ0v) is 9.65. The van der Waals surface area contributed by atoms with Crippen LogP contribution < -0.4 is 10.6 Å². The number of carbonyl (C=O) groups excluding carboxylic acids is 2. The highest BCUT2D eigenvalue weighted by Crippen LogP contribution is 2.17. The summed E-state index contributed by atoms with van der Waals surface area (Å²) in [4.78, 5) is 22.3. The van der Waals surface area contributed by atoms with Crippen LogP contribution in [-0.4, -0.2) is 11.8 Å². The molecular formula is C12H13N3O2. The zero-order chi connectivity index (χ0) is 12.9. The molecule has 17 heavy (non-hydrogen) atoms. The summed E-state index contributed by atoms with van der Waals surface area (Å²) in [5.74, 6) is -0.798. The molecule has 0 aliphatic heterocycles. The predicted octanol–water partition coefficient (Wildman–Crippen LogP) is 0.635. The monoisotopic (exact) mass is 231 g/mol. The number of amides is 2. The van der Waals surface area contributed by atoms with Crippen LogP contribution in [0.15, 0.2) is 30.3 Å². The van der Waals surface area contributed by atoms with Gasteiger partial charge in [0.1, 0.15) is 6.07 Å². The zero-order valence-electron chi connectivity index (χ0n) is 9.65. The van der Waals surface area contributed by atoms with Crippen molar-refractivity contribution in [3.63, 3.8) is 0 Å². The third-order valence-electron chi connectivity index (χ3n) is 2.10. The quantitative estimate of drug-likeness (QED) is 0.749. The number of hydrogen-bond donors (Lipinski definition) is 2. The van der Waals surface area contributed by atoms with Gasteiger partial charge in [0.05, 0.1) is 0 Å². The summed E-state index contributed by atoms with van der Waals surface area (Å²) in [6.07, 6.45) is 0. The molecule has 0 radical (unpaired) electrons. The van der Waals surface area contributed by atoms with Crippen LogP contribution in [0.25, 0.3) is 0 Å². The molecule has 0 aromatic heterocycles. The van der Waals surface area contributed by atoms with Crippen LogP contribution in [0.1, 0.15) is 19.4 Å². The van der Waals surface area contributed by atoms with Gasteiger partial charge in [-0.25, -0.2) is 0 Å². The van der Waals surface area contributed by atoms with Gasteiger partial charge in [0.15, 0.2) is 0 Å². The smallest absolute Gasteiger partial charge is 0.229 e. The lowest BCUT2D eigenvalue weighted by Gasteiger charge is -2.28. The molecule has 88 valence electrons. The largest absolute Gasteiger partial charge is 0.318 e. The highest BCUT2D eigenvalue weighted by Gasteiger charge is 2.34. The lowest BCUT2D eigenvalue weighted by molar-refractivity contribution is -0.123. The minimum atomic E-state index is -1.51. The van der Waals surface area contributed by atoms with Gasteiger partial charge in [-0.05, 0) is 0 Å². The Kier molecular flexibility index (Phi) is 3.83. The third-order valence-corrected chi connectivity index (χ3v) is 2.10. The van der Waals surface area contributed by atoms with Gasteiger partial charge in [0, 0.05) is 19.4 Å². The van der Waals surface area contributed by atoms with Gasteiger partial charge in [-0.15, -0.1) is 0 Å². The normalized spacial score (nSPS) is 10.2. The molecule has 0 aliphatic carbocycles. The van der Waals surface area contributed by atoms with E-state index in [0.29, 0.717) is 5.56 Å². The molecule has 0 saturated heterocycles. The van der Waals surface area contributed by atoms with Gasteiger partial charge in [-0.2, -0.15) is 5.26 Å². The van der Waals surface area contributed by atoms with E-state index in [1.165, 1.54) is 13.8 Å². The van der Waals surface area contributed by atoms with Crippen LogP contribution in [0, 0.1) is 11.3 Å². The fourth-order valence-electron chi connectivity index (χ4n) is 1.51. The van der Waals surface area contributed by atoms with Crippen LogP contribution in [-0.2, 0) is 15.3 Å². The third kappa shape index (κ3) is 3.05. The number of carbonyl (C=O) groups is 2. The Morgan fingerprint density at radius 3 is 1.94 bits per heavy atom. The number of nitrogens with zero attached hydrogens (tertiary/aromatic N) is 1. The van der Waals surface area contributed by atoms with Crippen molar-refractivity contribution in [2.45, 2.75) is 19.5 Å². The lowest BCUT2D eigenvalue weighted by Crippen LogP contribution is -2.56. The van der Waals surface area contributed by atoms with Crippen LogP contribution in [0.2, 0.25) is 0 Å². The molecule has 5 heteroatoms. The molecule has 1 aromatic rings. The Morgan fingerprint density at radius 1 is 1.12 bits per heavy atom. The topological polar surface area (TPSA) is 82.0 Å². The molecule has 1 aromatic carbocycles. The van der Waals surface area contributed by atoms with Gasteiger partial charge < -0.3 is 10.6 Å². The SMILES string of the molecule is CC(=O)NC(C#N)(NC(C)=O)c1ccccc1. The molecule has 0 saturated carbocycles. The fraction of sp³-hybridized carbons (Fsp3) is 0.250. The first-order valence-corrected chi connectivity index (χ1v) is 5.04. The molecule has 5 nitrogen and oxygen atoms in total. The Morgan fingerprint density at radius 2 is 1.59 bits per heavy atom. The number of nitrogens with one attached hydrogen (secondary N) is 2. The molecule has 0 heterocycles. The van der Waals surface area contributed by atoms with Crippen molar-refractivity contribution < 1.29 is 9.59 Å². The van der Waals surface area contributed by atoms with E-state index >= 15 is 0 Å². The van der Waals surface area contributed by atoms with E-state index < -0.39 is 17.5 Å². The van der Waals surface area contributed by atoms with Crippen LogP contribution >= 0.6 is 0 Å². The highest BCUT2D eigenvalue weighted by molar-refractivity contribution is 5.79. The summed E-state index contributed by atoms with van der Waals surface area (Å²) in [6, 6.07) is 10.5. The van der Waals surface area contributed by atoms with Gasteiger partial charge in [-0.3, -0.25) is 9.59 Å². The second-order valence-corrected chi connectivity index (χ2v) is 3.59. The van der Waals surface area contributed by atoms with Crippen LogP contribution in [0.4, 0.5) is 0 Å². The van der Waals surface area contributed by atoms with Crippen molar-refractivity contribution in [1.82, 2.24) is 10.6 Å². The van der Waals surface area contributed by atoms with Crippen molar-refractivity contribution in [3.8, 4) is 6.07 Å². The van der Waals surface area contributed by atoms with Gasteiger partial charge >= 0.3 is 0 Å². The first-order valence-electron chi connectivity index (χ1n) is 5.04. The summed E-state index contributed by atoms with van der Waals surface area (Å²) in [5, 5.41) is 14.2. The molecular weight excluding hydrogens is 218 g/mol. The summed E-state index contributed by atoms with van der Waals surface area (Å²) in [6.45, 7) is 2.58. The van der Waals surface area contributed by atoms with E-state index in [9.17, 15) is 14.9 Å². The van der Waals surface area contributed by atoms with Crippen molar-refractivity contribution in [2.75, 3.05) is 0 Å². The van der Waals surface area contributed by atoms with Crippen molar-refractivity contribution in [3.05, 3.63) is 35.9 Å². The van der Waals surface area contributed by atoms with Crippen molar-refractivity contribution in [1.29, 1.82) is 5.26 Å². The molecule has 2 amide bonds. The van der Waals surface area contributed by atoms with Crippen molar-refractivity contribution >= 4 is 11.8 Å². The summed E-state index contributed by atoms with van der Waals surface area (Å²) >= 11 is 0. The van der Waals surface area contributed by atoms with Crippen LogP contribution in [0.3, 0.4) is 0 Å². The standard InChI is InChI=1S/C12H13N3O2/c1-9(16)14-12(8-13,15-10(2)17)11-6-4-3-5-7-11/h3-7H,1-2H3,(H,14,16)(H,15,17). The summed E-state index contributed by atoms with van der Waals surface area (Å²) in [5.41, 5.74) is -1.01. The molecule has 1 rings (SSSR count). The Hall–Kier alpha value is -2.35. The first kappa shape index (κ1) is 12.7. The molecule has 0 aliphatic rings. The minimum absolute atomic E-state index is 0.399. The Bertz CT molecular complexity index is 446. The van der Waals surface area contributed by atoms with E-state index in [4.69, 9.17) is 0 Å². The number of hydrogen-bond acceptors (Lipinski definition) is 3. The van der Waals surface area contributed by atoms with Gasteiger partial charge in [-0.1, -0.05) is 30.3 Å². The van der Waals surface area contributed by atoms with E-state index in [2.05, 4.69) is 10.6 Å². The molecule has 2 N–H and O–H groups in total. The average molecular weight is 231 g/mol. The molecule has 0 atom stereocenters. The number of benzene rings is 1. The van der Waals surface area contributed by atoms with E-state index in [0.717, 1.165) is 0 Å². The second kappa shape index (κ2) is 5.12. The molecule has 0 bridgehead atoms. The Labute approximate surface area is 99.4 Å². The van der Waals surface area contributed by atoms with Crippen LogP contribution in [0.5, 0.6) is 0 Å². The first-order chi connectivity index (χ1) is 8.00. The molecule has 0 fully saturated rings. The van der Waals surface area contributed by atoms with Gasteiger partial charge in [0.25, 0.3) is 0 Å². The second-order valence-electron chi connectivity index (χ2n) is 3.59. The van der Waals surface area contributed by atoms with E-state index in [1.54, 1.807) is 30.3 Å². The van der Waals surface area contributed by atoms with E-state index in [1.807, 2.05) is 6.07 Å². The molecule has 0 spiro atoms. The highest BCUT2D eigenvalue weighted by atomic mass is 16.2. The lowest BCUT2D eigenvalue weighted by atomic mass is 10.0. The number of nitriles is 1. The van der Waals surface area contributed by atoms with Crippen molar-refractivity contribution in [2.24, 2.45) is 0 Å². The maximum atomic E-state index is 11.2. The van der Waals surface area contributed by atoms with Gasteiger partial charge in [0.2, 0.25) is 17.5 Å². The minimum Gasteiger partial charge on any atom is -0.318 e. The summed E-state index contributed by atoms with van der Waals surface area (Å²) in [7, 11) is 0. The fourth-order valence-corrected chi connectivity index (χ4v) is 1.51. The van der Waals surface area contributed by atoms with E-state index in [-0.39, 0.29) is 0 Å².